The summed E-state index contributed by atoms with van der Waals surface area (Å²) in [5.41, 5.74) is 0. The van der Waals surface area contributed by atoms with Crippen molar-refractivity contribution in [3.05, 3.63) is 25.4 Å². The summed E-state index contributed by atoms with van der Waals surface area (Å²) in [7, 11) is 1.97. The van der Waals surface area contributed by atoms with E-state index >= 15 is 0 Å². The fourth-order valence-corrected chi connectivity index (χ4v) is 0.333. The van der Waals surface area contributed by atoms with Gasteiger partial charge < -0.3 is 4.90 Å². The van der Waals surface area contributed by atoms with Crippen molar-refractivity contribution in [2.24, 2.45) is 0 Å². The highest BCUT2D eigenvalue weighted by Gasteiger charge is 1.94. The van der Waals surface area contributed by atoms with Gasteiger partial charge in [-0.05, 0) is 13.1 Å². The predicted molar refractivity (Wildman–Crippen MR) is 49.0 cm³/mol. The third kappa shape index (κ3) is 5.42. The summed E-state index contributed by atoms with van der Waals surface area (Å²) in [6, 6.07) is 0.396. The summed E-state index contributed by atoms with van der Waals surface area (Å²) in [5.74, 6) is 0. The van der Waals surface area contributed by atoms with E-state index in [-0.39, 0.29) is 0 Å². The summed E-state index contributed by atoms with van der Waals surface area (Å²) in [6.45, 7) is 13.3. The Morgan fingerprint density at radius 1 is 1.30 bits per heavy atom. The minimum absolute atomic E-state index is 0.396. The summed E-state index contributed by atoms with van der Waals surface area (Å²) in [4.78, 5) is 1.99. The lowest BCUT2D eigenvalue weighted by Crippen LogP contribution is -2.20. The molecular weight excluding hydrogens is 122 g/mol. The molecule has 10 heavy (non-hydrogen) atoms. The minimum Gasteiger partial charge on any atom is -0.375 e. The standard InChI is InChI=1S/C7H13N.C2H6/c1-5-7(3)8(4)6-2;1-2/h5-7H,1-2H2,3-4H3;1-2H3. The average Bonchev–Trinajstić information content (AvgIpc) is 2.05. The Kier molecular flexibility index (Phi) is 9.94. The van der Waals surface area contributed by atoms with Crippen LogP contribution in [0.5, 0.6) is 0 Å². The molecule has 1 atom stereocenters. The second-order valence-electron chi connectivity index (χ2n) is 1.82. The first-order valence-corrected chi connectivity index (χ1v) is 3.69. The Morgan fingerprint density at radius 2 is 1.70 bits per heavy atom. The second-order valence-corrected chi connectivity index (χ2v) is 1.82. The summed E-state index contributed by atoms with van der Waals surface area (Å²) >= 11 is 0. The van der Waals surface area contributed by atoms with Crippen molar-refractivity contribution >= 4 is 0 Å². The van der Waals surface area contributed by atoms with Gasteiger partial charge in [0, 0.05) is 13.1 Å². The van der Waals surface area contributed by atoms with Crippen LogP contribution >= 0.6 is 0 Å². The molecule has 0 aliphatic rings. The van der Waals surface area contributed by atoms with Gasteiger partial charge in [-0.15, -0.1) is 6.58 Å². The molecule has 0 saturated heterocycles. The highest BCUT2D eigenvalue weighted by atomic mass is 15.1. The molecule has 0 rings (SSSR count). The number of rotatable bonds is 3. The first-order valence-electron chi connectivity index (χ1n) is 3.69. The number of hydrogen-bond donors (Lipinski definition) is 0. The van der Waals surface area contributed by atoms with Crippen LogP contribution in [0.25, 0.3) is 0 Å². The average molecular weight is 141 g/mol. The molecule has 0 amide bonds. The molecule has 0 heterocycles. The van der Waals surface area contributed by atoms with Crippen molar-refractivity contribution in [2.75, 3.05) is 7.05 Å². The molecule has 0 bridgehead atoms. The van der Waals surface area contributed by atoms with Crippen molar-refractivity contribution in [3.8, 4) is 0 Å². The zero-order chi connectivity index (χ0) is 8.57. The highest BCUT2D eigenvalue weighted by molar-refractivity contribution is 4.86. The maximum absolute atomic E-state index is 3.64. The van der Waals surface area contributed by atoms with Crippen LogP contribution in [-0.2, 0) is 0 Å². The number of nitrogens with zero attached hydrogens (tertiary/aromatic N) is 1. The summed E-state index contributed by atoms with van der Waals surface area (Å²) < 4.78 is 0. The van der Waals surface area contributed by atoms with E-state index in [1.807, 2.05) is 31.9 Å². The summed E-state index contributed by atoms with van der Waals surface area (Å²) in [5, 5.41) is 0. The van der Waals surface area contributed by atoms with Crippen molar-refractivity contribution in [3.63, 3.8) is 0 Å². The molecular formula is C9H19N. The van der Waals surface area contributed by atoms with Crippen LogP contribution in [0.2, 0.25) is 0 Å². The van der Waals surface area contributed by atoms with Gasteiger partial charge in [0.15, 0.2) is 0 Å². The smallest absolute Gasteiger partial charge is 0.0433 e. The molecule has 0 N–H and O–H groups in total. The van der Waals surface area contributed by atoms with Crippen molar-refractivity contribution in [1.82, 2.24) is 4.90 Å². The van der Waals surface area contributed by atoms with Gasteiger partial charge in [0.2, 0.25) is 0 Å². The lowest BCUT2D eigenvalue weighted by molar-refractivity contribution is 0.409. The van der Waals surface area contributed by atoms with Crippen LogP contribution < -0.4 is 0 Å². The van der Waals surface area contributed by atoms with Crippen molar-refractivity contribution < 1.29 is 0 Å². The fourth-order valence-electron chi connectivity index (χ4n) is 0.333. The van der Waals surface area contributed by atoms with Gasteiger partial charge in [-0.1, -0.05) is 26.5 Å². The van der Waals surface area contributed by atoms with Crippen LogP contribution in [0.15, 0.2) is 25.4 Å². The van der Waals surface area contributed by atoms with Gasteiger partial charge in [0.05, 0.1) is 0 Å². The molecule has 0 aliphatic carbocycles. The largest absolute Gasteiger partial charge is 0.375 e. The highest BCUT2D eigenvalue weighted by Crippen LogP contribution is 1.93. The molecule has 0 aliphatic heterocycles. The Morgan fingerprint density at radius 3 is 1.80 bits per heavy atom. The topological polar surface area (TPSA) is 3.24 Å². The van der Waals surface area contributed by atoms with Crippen LogP contribution in [0, 0.1) is 0 Å². The van der Waals surface area contributed by atoms with Crippen molar-refractivity contribution in [1.29, 1.82) is 0 Å². The van der Waals surface area contributed by atoms with Crippen LogP contribution in [0.4, 0.5) is 0 Å². The SMILES string of the molecule is C=CC(C)N(C)C=C.CC. The molecule has 1 unspecified atom stereocenters. The molecule has 0 spiro atoms. The first kappa shape index (κ1) is 12.0. The lowest BCUT2D eigenvalue weighted by atomic mass is 10.3. The quantitative estimate of drug-likeness (QED) is 0.546. The van der Waals surface area contributed by atoms with E-state index in [0.29, 0.717) is 6.04 Å². The lowest BCUT2D eigenvalue weighted by Gasteiger charge is -2.17. The Hall–Kier alpha value is -0.720. The Labute approximate surface area is 65.0 Å². The van der Waals surface area contributed by atoms with Crippen LogP contribution in [0.1, 0.15) is 20.8 Å². The number of likely N-dealkylation sites (N-methyl/N-ethyl adjacent to an activating group) is 1. The van der Waals surface area contributed by atoms with Gasteiger partial charge in [-0.3, -0.25) is 0 Å². The van der Waals surface area contributed by atoms with E-state index in [1.54, 1.807) is 6.20 Å². The molecule has 1 nitrogen and oxygen atoms in total. The zero-order valence-electron chi connectivity index (χ0n) is 7.59. The third-order valence-corrected chi connectivity index (χ3v) is 1.27. The number of hydrogen-bond acceptors (Lipinski definition) is 1. The Balaban J connectivity index is 0. The molecule has 1 heteroatoms. The monoisotopic (exact) mass is 141 g/mol. The summed E-state index contributed by atoms with van der Waals surface area (Å²) in [6.07, 6.45) is 3.66. The van der Waals surface area contributed by atoms with Gasteiger partial charge >= 0.3 is 0 Å². The van der Waals surface area contributed by atoms with Gasteiger partial charge in [0.25, 0.3) is 0 Å². The minimum atomic E-state index is 0.396. The van der Waals surface area contributed by atoms with Crippen LogP contribution in [0.3, 0.4) is 0 Å². The molecule has 0 saturated carbocycles. The maximum Gasteiger partial charge on any atom is 0.0433 e. The molecule has 0 fully saturated rings. The van der Waals surface area contributed by atoms with Crippen molar-refractivity contribution in [2.45, 2.75) is 26.8 Å². The maximum atomic E-state index is 3.64. The fraction of sp³-hybridized carbons (Fsp3) is 0.556. The van der Waals surface area contributed by atoms with E-state index in [4.69, 9.17) is 0 Å². The van der Waals surface area contributed by atoms with E-state index in [9.17, 15) is 0 Å². The van der Waals surface area contributed by atoms with Gasteiger partial charge in [-0.25, -0.2) is 0 Å². The molecule has 0 aromatic rings. The van der Waals surface area contributed by atoms with Gasteiger partial charge in [0.1, 0.15) is 0 Å². The zero-order valence-corrected chi connectivity index (χ0v) is 7.59. The van der Waals surface area contributed by atoms with E-state index in [0.717, 1.165) is 0 Å². The third-order valence-electron chi connectivity index (χ3n) is 1.27. The predicted octanol–water partition coefficient (Wildman–Crippen LogP) is 2.66. The normalized spacial score (nSPS) is 10.4. The molecule has 0 aromatic heterocycles. The van der Waals surface area contributed by atoms with E-state index in [1.165, 1.54) is 0 Å². The molecule has 60 valence electrons. The second kappa shape index (κ2) is 8.28. The van der Waals surface area contributed by atoms with Gasteiger partial charge in [-0.2, -0.15) is 0 Å². The Bertz CT molecular complexity index is 74.7. The molecule has 0 radical (unpaired) electrons. The van der Waals surface area contributed by atoms with E-state index < -0.39 is 0 Å². The first-order chi connectivity index (χ1) is 4.72. The van der Waals surface area contributed by atoms with E-state index in [2.05, 4.69) is 20.1 Å². The van der Waals surface area contributed by atoms with Crippen LogP contribution in [-0.4, -0.2) is 18.0 Å². The molecule has 0 aromatic carbocycles.